The SMILES string of the molecule is C#CC(C)(C)NS(=O)(=O)c1cnc(Cl)nc1. The monoisotopic (exact) mass is 259 g/mol. The van der Waals surface area contributed by atoms with Crippen molar-refractivity contribution in [3.63, 3.8) is 0 Å². The van der Waals surface area contributed by atoms with E-state index < -0.39 is 15.6 Å². The molecule has 0 unspecified atom stereocenters. The number of hydrogen-bond donors (Lipinski definition) is 1. The number of rotatable bonds is 3. The lowest BCUT2D eigenvalue weighted by Crippen LogP contribution is -2.42. The van der Waals surface area contributed by atoms with Crippen molar-refractivity contribution in [1.29, 1.82) is 0 Å². The maximum atomic E-state index is 11.8. The lowest BCUT2D eigenvalue weighted by molar-refractivity contribution is 0.538. The Morgan fingerprint density at radius 1 is 1.44 bits per heavy atom. The van der Waals surface area contributed by atoms with E-state index in [4.69, 9.17) is 18.0 Å². The van der Waals surface area contributed by atoms with Crippen molar-refractivity contribution in [2.75, 3.05) is 0 Å². The molecule has 86 valence electrons. The topological polar surface area (TPSA) is 72.0 Å². The van der Waals surface area contributed by atoms with Crippen LogP contribution in [0.4, 0.5) is 0 Å². The fourth-order valence-electron chi connectivity index (χ4n) is 0.864. The Hall–Kier alpha value is -1.16. The summed E-state index contributed by atoms with van der Waals surface area (Å²) in [5, 5.41) is -0.0184. The van der Waals surface area contributed by atoms with Gasteiger partial charge in [-0.2, -0.15) is 4.72 Å². The molecule has 0 saturated carbocycles. The molecule has 0 bridgehead atoms. The molecule has 0 spiro atoms. The first-order valence-electron chi connectivity index (χ1n) is 4.26. The molecule has 0 saturated heterocycles. The molecule has 0 aliphatic rings. The van der Waals surface area contributed by atoms with Gasteiger partial charge in [0.15, 0.2) is 0 Å². The van der Waals surface area contributed by atoms with Crippen LogP contribution in [-0.2, 0) is 10.0 Å². The molecule has 1 N–H and O–H groups in total. The second kappa shape index (κ2) is 4.37. The molecule has 1 aromatic heterocycles. The summed E-state index contributed by atoms with van der Waals surface area (Å²) in [7, 11) is -3.72. The maximum absolute atomic E-state index is 11.8. The van der Waals surface area contributed by atoms with E-state index in [9.17, 15) is 8.42 Å². The number of aromatic nitrogens is 2. The van der Waals surface area contributed by atoms with Crippen LogP contribution < -0.4 is 4.72 Å². The van der Waals surface area contributed by atoms with Crippen LogP contribution in [0, 0.1) is 12.3 Å². The second-order valence-corrected chi connectivity index (χ2v) is 5.58. The summed E-state index contributed by atoms with van der Waals surface area (Å²) in [5.74, 6) is 2.32. The Labute approximate surface area is 99.3 Å². The zero-order chi connectivity index (χ0) is 12.4. The molecule has 0 aliphatic heterocycles. The third-order valence-electron chi connectivity index (χ3n) is 1.66. The van der Waals surface area contributed by atoms with Crippen molar-refractivity contribution in [3.05, 3.63) is 17.7 Å². The third-order valence-corrected chi connectivity index (χ3v) is 3.46. The largest absolute Gasteiger partial charge is 0.244 e. The van der Waals surface area contributed by atoms with Crippen LogP contribution >= 0.6 is 11.6 Å². The van der Waals surface area contributed by atoms with Crippen molar-refractivity contribution in [1.82, 2.24) is 14.7 Å². The fraction of sp³-hybridized carbons (Fsp3) is 0.333. The van der Waals surface area contributed by atoms with Gasteiger partial charge in [0, 0.05) is 0 Å². The quantitative estimate of drug-likeness (QED) is 0.644. The first-order chi connectivity index (χ1) is 7.27. The average Bonchev–Trinajstić information content (AvgIpc) is 2.17. The molecular formula is C9H10ClN3O2S. The summed E-state index contributed by atoms with van der Waals surface area (Å²) in [6, 6.07) is 0. The zero-order valence-electron chi connectivity index (χ0n) is 8.73. The first-order valence-corrected chi connectivity index (χ1v) is 6.12. The Bertz CT molecular complexity index is 517. The van der Waals surface area contributed by atoms with Crippen LogP contribution in [0.15, 0.2) is 17.3 Å². The Morgan fingerprint density at radius 2 is 1.94 bits per heavy atom. The van der Waals surface area contributed by atoms with Gasteiger partial charge in [-0.25, -0.2) is 18.4 Å². The van der Waals surface area contributed by atoms with Gasteiger partial charge in [-0.15, -0.1) is 6.42 Å². The van der Waals surface area contributed by atoms with Crippen LogP contribution in [0.25, 0.3) is 0 Å². The molecule has 0 amide bonds. The minimum Gasteiger partial charge on any atom is -0.225 e. The van der Waals surface area contributed by atoms with E-state index >= 15 is 0 Å². The molecule has 16 heavy (non-hydrogen) atoms. The molecule has 0 aliphatic carbocycles. The highest BCUT2D eigenvalue weighted by molar-refractivity contribution is 7.89. The van der Waals surface area contributed by atoms with Gasteiger partial charge in [-0.1, -0.05) is 5.92 Å². The van der Waals surface area contributed by atoms with Crippen LogP contribution in [0.1, 0.15) is 13.8 Å². The predicted molar refractivity (Wildman–Crippen MR) is 60.3 cm³/mol. The normalized spacial score (nSPS) is 12.1. The van der Waals surface area contributed by atoms with Crippen LogP contribution in [-0.4, -0.2) is 23.9 Å². The van der Waals surface area contributed by atoms with E-state index in [-0.39, 0.29) is 10.2 Å². The standard InChI is InChI=1S/C9H10ClN3O2S/c1-4-9(2,3)13-16(14,15)7-5-11-8(10)12-6-7/h1,5-6,13H,2-3H3. The van der Waals surface area contributed by atoms with Crippen molar-refractivity contribution < 1.29 is 8.42 Å². The smallest absolute Gasteiger partial charge is 0.225 e. The summed E-state index contributed by atoms with van der Waals surface area (Å²) < 4.78 is 25.9. The fourth-order valence-corrected chi connectivity index (χ4v) is 2.19. The molecule has 7 heteroatoms. The van der Waals surface area contributed by atoms with E-state index in [2.05, 4.69) is 20.6 Å². The van der Waals surface area contributed by atoms with Crippen LogP contribution in [0.5, 0.6) is 0 Å². The number of nitrogens with zero attached hydrogens (tertiary/aromatic N) is 2. The zero-order valence-corrected chi connectivity index (χ0v) is 10.3. The van der Waals surface area contributed by atoms with Crippen LogP contribution in [0.2, 0.25) is 5.28 Å². The van der Waals surface area contributed by atoms with Crippen LogP contribution in [0.3, 0.4) is 0 Å². The Morgan fingerprint density at radius 3 is 2.38 bits per heavy atom. The van der Waals surface area contributed by atoms with Crippen molar-refractivity contribution >= 4 is 21.6 Å². The van der Waals surface area contributed by atoms with E-state index in [0.29, 0.717) is 0 Å². The van der Waals surface area contributed by atoms with Gasteiger partial charge in [-0.3, -0.25) is 0 Å². The van der Waals surface area contributed by atoms with Gasteiger partial charge >= 0.3 is 0 Å². The molecule has 5 nitrogen and oxygen atoms in total. The minimum absolute atomic E-state index is 0.0184. The Kier molecular flexibility index (Phi) is 3.53. The van der Waals surface area contributed by atoms with Crippen molar-refractivity contribution in [3.8, 4) is 12.3 Å². The highest BCUT2D eigenvalue weighted by Crippen LogP contribution is 2.11. The number of halogens is 1. The van der Waals surface area contributed by atoms with E-state index in [0.717, 1.165) is 12.4 Å². The summed E-state index contributed by atoms with van der Waals surface area (Å²) in [6.45, 7) is 3.14. The number of terminal acetylenes is 1. The molecule has 0 aromatic carbocycles. The summed E-state index contributed by atoms with van der Waals surface area (Å²) >= 11 is 5.45. The molecule has 1 aromatic rings. The van der Waals surface area contributed by atoms with E-state index in [1.165, 1.54) is 0 Å². The molecule has 1 rings (SSSR count). The van der Waals surface area contributed by atoms with Gasteiger partial charge in [0.05, 0.1) is 17.9 Å². The lowest BCUT2D eigenvalue weighted by atomic mass is 10.1. The molecular weight excluding hydrogens is 250 g/mol. The summed E-state index contributed by atoms with van der Waals surface area (Å²) in [4.78, 5) is 7.09. The first kappa shape index (κ1) is 12.9. The van der Waals surface area contributed by atoms with Gasteiger partial charge < -0.3 is 0 Å². The molecule has 0 radical (unpaired) electrons. The van der Waals surface area contributed by atoms with Gasteiger partial charge in [0.25, 0.3) is 0 Å². The molecule has 0 fully saturated rings. The second-order valence-electron chi connectivity index (χ2n) is 3.56. The maximum Gasteiger partial charge on any atom is 0.244 e. The van der Waals surface area contributed by atoms with E-state index in [1.54, 1.807) is 13.8 Å². The van der Waals surface area contributed by atoms with Crippen molar-refractivity contribution in [2.24, 2.45) is 0 Å². The lowest BCUT2D eigenvalue weighted by Gasteiger charge is -2.18. The molecule has 1 heterocycles. The minimum atomic E-state index is -3.72. The third kappa shape index (κ3) is 3.17. The highest BCUT2D eigenvalue weighted by Gasteiger charge is 2.24. The Balaban J connectivity index is 3.05. The summed E-state index contributed by atoms with van der Waals surface area (Å²) in [6.07, 6.45) is 7.42. The molecule has 0 atom stereocenters. The highest BCUT2D eigenvalue weighted by atomic mass is 35.5. The predicted octanol–water partition coefficient (Wildman–Crippen LogP) is 0.820. The van der Waals surface area contributed by atoms with Gasteiger partial charge in [-0.05, 0) is 25.4 Å². The van der Waals surface area contributed by atoms with Gasteiger partial charge in [0.2, 0.25) is 15.3 Å². The number of nitrogens with one attached hydrogen (secondary N) is 1. The average molecular weight is 260 g/mol. The van der Waals surface area contributed by atoms with Gasteiger partial charge in [0.1, 0.15) is 4.90 Å². The summed E-state index contributed by atoms with van der Waals surface area (Å²) in [5.41, 5.74) is -0.974. The van der Waals surface area contributed by atoms with Crippen molar-refractivity contribution in [2.45, 2.75) is 24.3 Å². The number of sulfonamides is 1. The van der Waals surface area contributed by atoms with E-state index in [1.807, 2.05) is 0 Å². The number of hydrogen-bond acceptors (Lipinski definition) is 4.